The van der Waals surface area contributed by atoms with Gasteiger partial charge in [0.15, 0.2) is 0 Å². The normalized spacial score (nSPS) is 13.7. The van der Waals surface area contributed by atoms with Crippen molar-refractivity contribution in [3.63, 3.8) is 0 Å². The maximum Gasteiger partial charge on any atom is 0.281 e. The van der Waals surface area contributed by atoms with Gasteiger partial charge in [-0.1, -0.05) is 6.92 Å². The fourth-order valence-electron chi connectivity index (χ4n) is 2.18. The summed E-state index contributed by atoms with van der Waals surface area (Å²) >= 11 is 0. The number of nitrogens with zero attached hydrogens (tertiary/aromatic N) is 2. The molecule has 8 heteroatoms. The van der Waals surface area contributed by atoms with Crippen LogP contribution < -0.4 is 5.32 Å². The second-order valence-corrected chi connectivity index (χ2v) is 4.95. The number of rotatable bonds is 7. The minimum Gasteiger partial charge on any atom is -0.392 e. The molecule has 1 aromatic carbocycles. The minimum atomic E-state index is -0.650. The monoisotopic (exact) mass is 297 g/mol. The number of aryl methyl sites for hydroxylation is 1. The van der Waals surface area contributed by atoms with Crippen molar-refractivity contribution in [2.75, 3.05) is 6.54 Å². The lowest BCUT2D eigenvalue weighted by atomic mass is 9.98. The molecule has 0 aliphatic heterocycles. The lowest BCUT2D eigenvalue weighted by Crippen LogP contribution is -2.29. The molecular formula is C13H19N3O5. The van der Waals surface area contributed by atoms with Crippen molar-refractivity contribution >= 4 is 11.4 Å². The number of nitro benzene ring substituents is 2. The van der Waals surface area contributed by atoms with E-state index in [2.05, 4.69) is 5.32 Å². The van der Waals surface area contributed by atoms with Crippen LogP contribution in [0.2, 0.25) is 0 Å². The van der Waals surface area contributed by atoms with Crippen LogP contribution in [0.15, 0.2) is 12.1 Å². The molecule has 0 bridgehead atoms. The number of aliphatic hydroxyl groups is 1. The molecule has 21 heavy (non-hydrogen) atoms. The molecule has 2 atom stereocenters. The number of benzene rings is 1. The summed E-state index contributed by atoms with van der Waals surface area (Å²) in [7, 11) is 0. The average molecular weight is 297 g/mol. The third-order valence-electron chi connectivity index (χ3n) is 3.09. The van der Waals surface area contributed by atoms with Crippen molar-refractivity contribution in [2.45, 2.75) is 39.3 Å². The molecule has 0 saturated carbocycles. The summed E-state index contributed by atoms with van der Waals surface area (Å²) in [6, 6.07) is 2.09. The van der Waals surface area contributed by atoms with Crippen LogP contribution in [0, 0.1) is 27.2 Å². The van der Waals surface area contributed by atoms with Gasteiger partial charge < -0.3 is 10.4 Å². The molecule has 0 radical (unpaired) electrons. The molecule has 116 valence electrons. The van der Waals surface area contributed by atoms with Crippen LogP contribution in [0.3, 0.4) is 0 Å². The van der Waals surface area contributed by atoms with Crippen LogP contribution in [-0.4, -0.2) is 27.6 Å². The number of nitro groups is 2. The van der Waals surface area contributed by atoms with Gasteiger partial charge in [-0.3, -0.25) is 20.2 Å². The number of hydrogen-bond donors (Lipinski definition) is 2. The maximum absolute atomic E-state index is 11.2. The van der Waals surface area contributed by atoms with Gasteiger partial charge >= 0.3 is 0 Å². The predicted octanol–water partition coefficient (Wildman–Crippen LogP) is 2.23. The zero-order valence-corrected chi connectivity index (χ0v) is 12.2. The van der Waals surface area contributed by atoms with Crippen LogP contribution in [0.4, 0.5) is 11.4 Å². The molecule has 0 aliphatic rings. The molecule has 1 rings (SSSR count). The molecule has 0 fully saturated rings. The van der Waals surface area contributed by atoms with Crippen molar-refractivity contribution in [2.24, 2.45) is 0 Å². The molecule has 0 heterocycles. The highest BCUT2D eigenvalue weighted by atomic mass is 16.6. The van der Waals surface area contributed by atoms with Gasteiger partial charge in [0.2, 0.25) is 0 Å². The van der Waals surface area contributed by atoms with E-state index < -0.39 is 22.0 Å². The van der Waals surface area contributed by atoms with Crippen LogP contribution in [0.5, 0.6) is 0 Å². The Morgan fingerprint density at radius 3 is 2.05 bits per heavy atom. The Morgan fingerprint density at radius 1 is 1.24 bits per heavy atom. The molecule has 0 amide bonds. The lowest BCUT2D eigenvalue weighted by Gasteiger charge is -2.18. The Morgan fingerprint density at radius 2 is 1.71 bits per heavy atom. The van der Waals surface area contributed by atoms with Crippen molar-refractivity contribution in [1.82, 2.24) is 5.32 Å². The van der Waals surface area contributed by atoms with E-state index in [1.807, 2.05) is 0 Å². The summed E-state index contributed by atoms with van der Waals surface area (Å²) < 4.78 is 0. The zero-order valence-electron chi connectivity index (χ0n) is 12.2. The topological polar surface area (TPSA) is 119 Å². The largest absolute Gasteiger partial charge is 0.392 e. The van der Waals surface area contributed by atoms with Crippen molar-refractivity contribution in [3.05, 3.63) is 43.5 Å². The Labute approximate surface area is 122 Å². The van der Waals surface area contributed by atoms with Crippen LogP contribution in [0.25, 0.3) is 0 Å². The smallest absolute Gasteiger partial charge is 0.281 e. The highest BCUT2D eigenvalue weighted by Crippen LogP contribution is 2.36. The van der Waals surface area contributed by atoms with Gasteiger partial charge in [0.05, 0.1) is 16.0 Å². The van der Waals surface area contributed by atoms with Gasteiger partial charge in [-0.2, -0.15) is 0 Å². The number of hydrogen-bond acceptors (Lipinski definition) is 6. The van der Waals surface area contributed by atoms with Crippen molar-refractivity contribution in [1.29, 1.82) is 0 Å². The van der Waals surface area contributed by atoms with Crippen LogP contribution in [0.1, 0.15) is 37.4 Å². The van der Waals surface area contributed by atoms with Crippen molar-refractivity contribution in [3.8, 4) is 0 Å². The molecule has 0 aromatic heterocycles. The fourth-order valence-corrected chi connectivity index (χ4v) is 2.18. The van der Waals surface area contributed by atoms with Gasteiger partial charge in [0, 0.05) is 24.7 Å². The van der Waals surface area contributed by atoms with Crippen molar-refractivity contribution < 1.29 is 15.0 Å². The molecule has 1 aromatic rings. The van der Waals surface area contributed by atoms with E-state index in [-0.39, 0.29) is 23.5 Å². The maximum atomic E-state index is 11.2. The highest BCUT2D eigenvalue weighted by molar-refractivity contribution is 5.57. The van der Waals surface area contributed by atoms with Gasteiger partial charge in [-0.25, -0.2) is 0 Å². The second kappa shape index (κ2) is 7.09. The summed E-state index contributed by atoms with van der Waals surface area (Å²) in [5, 5.41) is 34.7. The fraction of sp³-hybridized carbons (Fsp3) is 0.538. The van der Waals surface area contributed by atoms with E-state index in [4.69, 9.17) is 0 Å². The lowest BCUT2D eigenvalue weighted by molar-refractivity contribution is -0.396. The van der Waals surface area contributed by atoms with Gasteiger partial charge in [0.1, 0.15) is 5.56 Å². The van der Waals surface area contributed by atoms with Gasteiger partial charge in [-0.05, 0) is 25.8 Å². The summed E-state index contributed by atoms with van der Waals surface area (Å²) in [4.78, 5) is 21.2. The highest BCUT2D eigenvalue weighted by Gasteiger charge is 2.31. The molecule has 0 aliphatic carbocycles. The third kappa shape index (κ3) is 4.20. The first kappa shape index (κ1) is 17.0. The van der Waals surface area contributed by atoms with E-state index in [1.54, 1.807) is 20.8 Å². The molecule has 0 spiro atoms. The summed E-state index contributed by atoms with van der Waals surface area (Å²) in [6.45, 7) is 5.11. The quantitative estimate of drug-likeness (QED) is 0.588. The van der Waals surface area contributed by atoms with Crippen LogP contribution in [-0.2, 0) is 0 Å². The minimum absolute atomic E-state index is 0.0544. The van der Waals surface area contributed by atoms with Gasteiger partial charge in [-0.15, -0.1) is 0 Å². The summed E-state index contributed by atoms with van der Waals surface area (Å²) in [5.74, 6) is 0. The Kier molecular flexibility index (Phi) is 5.74. The molecule has 2 N–H and O–H groups in total. The Bertz CT molecular complexity index is 510. The first-order valence-electron chi connectivity index (χ1n) is 6.62. The number of nitrogens with one attached hydrogen (secondary N) is 1. The van der Waals surface area contributed by atoms with E-state index >= 15 is 0 Å². The molecular weight excluding hydrogens is 278 g/mol. The molecule has 8 nitrogen and oxygen atoms in total. The summed E-state index contributed by atoms with van der Waals surface area (Å²) in [5.41, 5.74) is -0.0282. The van der Waals surface area contributed by atoms with E-state index in [9.17, 15) is 25.3 Å². The first-order valence-corrected chi connectivity index (χ1v) is 6.62. The van der Waals surface area contributed by atoms with Crippen LogP contribution >= 0.6 is 0 Å². The van der Waals surface area contributed by atoms with E-state index in [0.29, 0.717) is 12.0 Å². The SMILES string of the molecule is CCC(NCC(C)O)c1c([N+](=O)[O-])cc(C)cc1[N+](=O)[O-]. The Balaban J connectivity index is 3.40. The predicted molar refractivity (Wildman–Crippen MR) is 77.2 cm³/mol. The van der Waals surface area contributed by atoms with E-state index in [1.165, 1.54) is 12.1 Å². The zero-order chi connectivity index (χ0) is 16.2. The third-order valence-corrected chi connectivity index (χ3v) is 3.09. The number of aliphatic hydroxyl groups excluding tert-OH is 1. The van der Waals surface area contributed by atoms with E-state index in [0.717, 1.165) is 0 Å². The second-order valence-electron chi connectivity index (χ2n) is 4.95. The van der Waals surface area contributed by atoms with Gasteiger partial charge in [0.25, 0.3) is 11.4 Å². The molecule has 0 saturated heterocycles. The standard InChI is InChI=1S/C13H19N3O5/c1-4-10(14-7-9(3)17)13-11(15(18)19)5-8(2)6-12(13)16(20)21/h5-6,9-10,14,17H,4,7H2,1-3H3. The molecule has 2 unspecified atom stereocenters. The Hall–Kier alpha value is -2.06. The summed E-state index contributed by atoms with van der Waals surface area (Å²) in [6.07, 6.45) is -0.222. The first-order chi connectivity index (χ1) is 9.77. The average Bonchev–Trinajstić information content (AvgIpc) is 2.39.